The number of hydrogen-bond donors (Lipinski definition) is 2. The van der Waals surface area contributed by atoms with E-state index in [1.807, 2.05) is 0 Å². The van der Waals surface area contributed by atoms with Crippen LogP contribution in [0.1, 0.15) is 11.1 Å². The van der Waals surface area contributed by atoms with Gasteiger partial charge in [-0.15, -0.1) is 13.2 Å². The van der Waals surface area contributed by atoms with E-state index in [1.165, 1.54) is 30.5 Å². The number of halogens is 5. The summed E-state index contributed by atoms with van der Waals surface area (Å²) in [5.41, 5.74) is 4.18. The molecule has 1 heterocycles. The second kappa shape index (κ2) is 8.95. The maximum absolute atomic E-state index is 13.4. The van der Waals surface area contributed by atoms with Gasteiger partial charge >= 0.3 is 6.36 Å². The fourth-order valence-electron chi connectivity index (χ4n) is 2.32. The Morgan fingerprint density at radius 3 is 2.47 bits per heavy atom. The fourth-order valence-corrected chi connectivity index (χ4v) is 2.51. The molecule has 0 atom stereocenters. The summed E-state index contributed by atoms with van der Waals surface area (Å²) in [6.07, 6.45) is -3.39. The van der Waals surface area contributed by atoms with Gasteiger partial charge in [0, 0.05) is 11.8 Å². The number of nitrogens with one attached hydrogen (secondary N) is 2. The van der Waals surface area contributed by atoms with Crippen molar-refractivity contribution in [2.24, 2.45) is 5.10 Å². The predicted molar refractivity (Wildman–Crippen MR) is 106 cm³/mol. The molecule has 0 bridgehead atoms. The zero-order valence-corrected chi connectivity index (χ0v) is 16.1. The molecule has 1 aromatic heterocycles. The van der Waals surface area contributed by atoms with Gasteiger partial charge in [0.25, 0.3) is 0 Å². The Hall–Kier alpha value is -3.40. The van der Waals surface area contributed by atoms with Gasteiger partial charge in [-0.1, -0.05) is 11.6 Å². The number of ether oxygens (including phenoxy) is 1. The third-order valence-corrected chi connectivity index (χ3v) is 3.81. The fraction of sp³-hybridized carbons (Fsp3) is 0.105. The third-order valence-electron chi connectivity index (χ3n) is 3.62. The van der Waals surface area contributed by atoms with E-state index < -0.39 is 6.36 Å². The van der Waals surface area contributed by atoms with E-state index in [4.69, 9.17) is 11.6 Å². The quantitative estimate of drug-likeness (QED) is 0.224. The van der Waals surface area contributed by atoms with Crippen LogP contribution in [0.5, 0.6) is 5.75 Å². The molecule has 2 N–H and O–H groups in total. The molecular weight excluding hydrogens is 426 g/mol. The first-order valence-corrected chi connectivity index (χ1v) is 8.78. The van der Waals surface area contributed by atoms with Crippen LogP contribution < -0.4 is 15.5 Å². The summed E-state index contributed by atoms with van der Waals surface area (Å²) in [5.74, 6) is -0.224. The number of aromatic nitrogens is 2. The van der Waals surface area contributed by atoms with Crippen LogP contribution in [0.2, 0.25) is 5.15 Å². The van der Waals surface area contributed by atoms with Crippen LogP contribution in [-0.4, -0.2) is 22.5 Å². The Kier molecular flexibility index (Phi) is 6.36. The zero-order valence-electron chi connectivity index (χ0n) is 15.3. The van der Waals surface area contributed by atoms with Crippen LogP contribution in [0.4, 0.5) is 35.0 Å². The lowest BCUT2D eigenvalue weighted by Gasteiger charge is -2.09. The topological polar surface area (TPSA) is 71.4 Å². The van der Waals surface area contributed by atoms with Crippen molar-refractivity contribution in [2.45, 2.75) is 13.3 Å². The third kappa shape index (κ3) is 6.31. The molecule has 156 valence electrons. The Morgan fingerprint density at radius 1 is 1.07 bits per heavy atom. The molecule has 0 aliphatic rings. The first-order chi connectivity index (χ1) is 14.2. The highest BCUT2D eigenvalue weighted by Gasteiger charge is 2.30. The molecule has 0 amide bonds. The van der Waals surface area contributed by atoms with Gasteiger partial charge in [0.15, 0.2) is 0 Å². The van der Waals surface area contributed by atoms with Gasteiger partial charge in [0.1, 0.15) is 22.5 Å². The van der Waals surface area contributed by atoms with Crippen LogP contribution in [0.15, 0.2) is 53.6 Å². The highest BCUT2D eigenvalue weighted by atomic mass is 35.5. The number of hydrazone groups is 1. The van der Waals surface area contributed by atoms with E-state index in [-0.39, 0.29) is 22.7 Å². The Labute approximate surface area is 173 Å². The minimum Gasteiger partial charge on any atom is -0.406 e. The molecule has 0 radical (unpaired) electrons. The van der Waals surface area contributed by atoms with E-state index in [9.17, 15) is 17.6 Å². The molecule has 30 heavy (non-hydrogen) atoms. The van der Waals surface area contributed by atoms with Gasteiger partial charge in [-0.05, 0) is 60.5 Å². The predicted octanol–water partition coefficient (Wildman–Crippen LogP) is 5.67. The molecule has 0 saturated carbocycles. The maximum atomic E-state index is 13.4. The molecule has 6 nitrogen and oxygen atoms in total. The average Bonchev–Trinajstić information content (AvgIpc) is 2.65. The second-order valence-electron chi connectivity index (χ2n) is 5.98. The van der Waals surface area contributed by atoms with Crippen molar-refractivity contribution < 1.29 is 22.3 Å². The molecule has 3 rings (SSSR count). The van der Waals surface area contributed by atoms with Crippen molar-refractivity contribution in [3.05, 3.63) is 70.6 Å². The lowest BCUT2D eigenvalue weighted by atomic mass is 10.2. The summed E-state index contributed by atoms with van der Waals surface area (Å²) >= 11 is 5.99. The molecule has 0 spiro atoms. The van der Waals surface area contributed by atoms with E-state index in [2.05, 4.69) is 30.5 Å². The van der Waals surface area contributed by atoms with Crippen molar-refractivity contribution in [3.8, 4) is 5.75 Å². The maximum Gasteiger partial charge on any atom is 0.573 e. The summed E-state index contributed by atoms with van der Waals surface area (Å²) < 4.78 is 53.7. The molecular formula is C19H14ClF4N5O. The zero-order chi connectivity index (χ0) is 21.7. The summed E-state index contributed by atoms with van der Waals surface area (Å²) in [7, 11) is 0. The van der Waals surface area contributed by atoms with Gasteiger partial charge in [0.05, 0.1) is 6.21 Å². The monoisotopic (exact) mass is 439 g/mol. The largest absolute Gasteiger partial charge is 0.573 e. The number of anilines is 3. The van der Waals surface area contributed by atoms with Gasteiger partial charge in [-0.25, -0.2) is 9.82 Å². The van der Waals surface area contributed by atoms with E-state index in [1.54, 1.807) is 19.1 Å². The SMILES string of the molecule is Cc1cc(Nc2cc(Cl)nc(N/N=C/c3ccc(OC(F)(F)F)cc3)n2)ccc1F. The Balaban J connectivity index is 1.66. The first-order valence-electron chi connectivity index (χ1n) is 8.40. The van der Waals surface area contributed by atoms with E-state index in [0.717, 1.165) is 12.1 Å². The number of rotatable bonds is 6. The molecule has 3 aromatic rings. The van der Waals surface area contributed by atoms with Crippen LogP contribution in [-0.2, 0) is 0 Å². The molecule has 11 heteroatoms. The van der Waals surface area contributed by atoms with Gasteiger partial charge in [-0.3, -0.25) is 0 Å². The molecule has 0 unspecified atom stereocenters. The van der Waals surface area contributed by atoms with Crippen LogP contribution >= 0.6 is 11.6 Å². The number of aryl methyl sites for hydroxylation is 1. The Morgan fingerprint density at radius 2 is 1.80 bits per heavy atom. The van der Waals surface area contributed by atoms with Crippen LogP contribution in [0, 0.1) is 12.7 Å². The van der Waals surface area contributed by atoms with Gasteiger partial charge < -0.3 is 10.1 Å². The molecule has 0 fully saturated rings. The highest BCUT2D eigenvalue weighted by Crippen LogP contribution is 2.23. The number of nitrogens with zero attached hydrogens (tertiary/aromatic N) is 3. The minimum absolute atomic E-state index is 0.0807. The minimum atomic E-state index is -4.75. The molecule has 0 aliphatic heterocycles. The van der Waals surface area contributed by atoms with Crippen molar-refractivity contribution in [2.75, 3.05) is 10.7 Å². The number of hydrogen-bond acceptors (Lipinski definition) is 6. The summed E-state index contributed by atoms with van der Waals surface area (Å²) in [6.45, 7) is 1.64. The summed E-state index contributed by atoms with van der Waals surface area (Å²) in [4.78, 5) is 8.17. The van der Waals surface area contributed by atoms with Crippen molar-refractivity contribution in [3.63, 3.8) is 0 Å². The van der Waals surface area contributed by atoms with Gasteiger partial charge in [-0.2, -0.15) is 15.1 Å². The van der Waals surface area contributed by atoms with Crippen molar-refractivity contribution >= 4 is 35.3 Å². The van der Waals surface area contributed by atoms with Crippen molar-refractivity contribution in [1.82, 2.24) is 9.97 Å². The summed E-state index contributed by atoms with van der Waals surface area (Å²) in [6, 6.07) is 11.1. The highest BCUT2D eigenvalue weighted by molar-refractivity contribution is 6.29. The van der Waals surface area contributed by atoms with Crippen LogP contribution in [0.3, 0.4) is 0 Å². The van der Waals surface area contributed by atoms with E-state index >= 15 is 0 Å². The van der Waals surface area contributed by atoms with Crippen molar-refractivity contribution in [1.29, 1.82) is 0 Å². The lowest BCUT2D eigenvalue weighted by Crippen LogP contribution is -2.17. The van der Waals surface area contributed by atoms with Gasteiger partial charge in [0.2, 0.25) is 5.95 Å². The second-order valence-corrected chi connectivity index (χ2v) is 6.36. The first kappa shape index (κ1) is 21.3. The lowest BCUT2D eigenvalue weighted by molar-refractivity contribution is -0.274. The van der Waals surface area contributed by atoms with Crippen LogP contribution in [0.25, 0.3) is 0 Å². The number of alkyl halides is 3. The number of benzene rings is 2. The Bertz CT molecular complexity index is 1060. The molecule has 2 aromatic carbocycles. The normalized spacial score (nSPS) is 11.5. The average molecular weight is 440 g/mol. The molecule has 0 aliphatic carbocycles. The van der Waals surface area contributed by atoms with E-state index in [0.29, 0.717) is 22.6 Å². The smallest absolute Gasteiger partial charge is 0.406 e. The standard InChI is InChI=1S/C19H14ClF4N5O/c1-11-8-13(4-7-15(11)21)26-17-9-16(20)27-18(28-17)29-25-10-12-2-5-14(6-3-12)30-19(22,23)24/h2-10H,1H3,(H2,26,27,28,29)/b25-10+. The summed E-state index contributed by atoms with van der Waals surface area (Å²) in [5, 5.41) is 7.06. The molecule has 0 saturated heterocycles.